The SMILES string of the molecule is O=C(Nc1ccccc1)N(Cc1ccccc1)C[C@@H](O)c1ccco1. The number of amides is 2. The molecule has 1 heterocycles. The Hall–Kier alpha value is -3.05. The van der Waals surface area contributed by atoms with Crippen LogP contribution in [0.2, 0.25) is 0 Å². The van der Waals surface area contributed by atoms with E-state index in [-0.39, 0.29) is 12.6 Å². The van der Waals surface area contributed by atoms with Gasteiger partial charge in [-0.15, -0.1) is 0 Å². The number of aliphatic hydroxyl groups is 1. The van der Waals surface area contributed by atoms with Crippen molar-refractivity contribution in [3.8, 4) is 0 Å². The molecule has 3 aromatic rings. The predicted octanol–water partition coefficient (Wildman–Crippen LogP) is 4.05. The molecule has 1 aromatic heterocycles. The number of nitrogens with one attached hydrogen (secondary N) is 1. The van der Waals surface area contributed by atoms with Crippen molar-refractivity contribution in [2.24, 2.45) is 0 Å². The van der Waals surface area contributed by atoms with E-state index in [9.17, 15) is 9.90 Å². The lowest BCUT2D eigenvalue weighted by molar-refractivity contribution is 0.105. The third-order valence-corrected chi connectivity index (χ3v) is 3.79. The van der Waals surface area contributed by atoms with Crippen LogP contribution in [0.4, 0.5) is 10.5 Å². The lowest BCUT2D eigenvalue weighted by Crippen LogP contribution is -2.37. The first kappa shape index (κ1) is 16.8. The Bertz CT molecular complexity index is 773. The van der Waals surface area contributed by atoms with Gasteiger partial charge in [-0.05, 0) is 29.8 Å². The van der Waals surface area contributed by atoms with Gasteiger partial charge in [0.2, 0.25) is 0 Å². The molecule has 1 atom stereocenters. The summed E-state index contributed by atoms with van der Waals surface area (Å²) in [5.41, 5.74) is 1.69. The number of urea groups is 1. The molecule has 0 fully saturated rings. The molecule has 0 unspecified atom stereocenters. The number of benzene rings is 2. The third kappa shape index (κ3) is 4.71. The number of hydrogen-bond donors (Lipinski definition) is 2. The van der Waals surface area contributed by atoms with Crippen molar-refractivity contribution >= 4 is 11.7 Å². The first-order valence-electron chi connectivity index (χ1n) is 8.09. The topological polar surface area (TPSA) is 65.7 Å². The van der Waals surface area contributed by atoms with Crippen molar-refractivity contribution in [3.63, 3.8) is 0 Å². The fraction of sp³-hybridized carbons (Fsp3) is 0.150. The molecular weight excluding hydrogens is 316 g/mol. The standard InChI is InChI=1S/C20H20N2O3/c23-18(19-12-7-13-25-19)15-22(14-16-8-3-1-4-9-16)20(24)21-17-10-5-2-6-11-17/h1-13,18,23H,14-15H2,(H,21,24)/t18-/m1/s1. The van der Waals surface area contributed by atoms with Gasteiger partial charge < -0.3 is 19.7 Å². The Morgan fingerprint density at radius 3 is 2.32 bits per heavy atom. The Labute approximate surface area is 146 Å². The fourth-order valence-electron chi connectivity index (χ4n) is 2.53. The van der Waals surface area contributed by atoms with Crippen LogP contribution in [-0.4, -0.2) is 22.6 Å². The zero-order valence-electron chi connectivity index (χ0n) is 13.7. The predicted molar refractivity (Wildman–Crippen MR) is 96.0 cm³/mol. The summed E-state index contributed by atoms with van der Waals surface area (Å²) in [4.78, 5) is 14.3. The maximum atomic E-state index is 12.7. The number of carbonyl (C=O) groups is 1. The first-order chi connectivity index (χ1) is 12.2. The van der Waals surface area contributed by atoms with Crippen molar-refractivity contribution < 1.29 is 14.3 Å². The van der Waals surface area contributed by atoms with Crippen LogP contribution in [0, 0.1) is 0 Å². The number of nitrogens with zero attached hydrogens (tertiary/aromatic N) is 1. The average Bonchev–Trinajstić information content (AvgIpc) is 3.18. The molecule has 5 nitrogen and oxygen atoms in total. The van der Waals surface area contributed by atoms with Gasteiger partial charge in [0.15, 0.2) is 0 Å². The van der Waals surface area contributed by atoms with Crippen LogP contribution in [0.5, 0.6) is 0 Å². The molecular formula is C20H20N2O3. The Morgan fingerprint density at radius 1 is 1.00 bits per heavy atom. The molecule has 0 aliphatic carbocycles. The minimum atomic E-state index is -0.889. The minimum absolute atomic E-state index is 0.126. The van der Waals surface area contributed by atoms with E-state index >= 15 is 0 Å². The molecule has 2 aromatic carbocycles. The van der Waals surface area contributed by atoms with E-state index in [1.165, 1.54) is 6.26 Å². The zero-order chi connectivity index (χ0) is 17.5. The Morgan fingerprint density at radius 2 is 1.68 bits per heavy atom. The van der Waals surface area contributed by atoms with E-state index in [4.69, 9.17) is 4.42 Å². The Balaban J connectivity index is 1.74. The summed E-state index contributed by atoms with van der Waals surface area (Å²) in [6, 6.07) is 22.0. The minimum Gasteiger partial charge on any atom is -0.467 e. The van der Waals surface area contributed by atoms with E-state index in [2.05, 4.69) is 5.32 Å². The molecule has 0 saturated carbocycles. The largest absolute Gasteiger partial charge is 0.467 e. The highest BCUT2D eigenvalue weighted by Gasteiger charge is 2.20. The van der Waals surface area contributed by atoms with Crippen molar-refractivity contribution in [1.29, 1.82) is 0 Å². The molecule has 0 radical (unpaired) electrons. The second kappa shape index (κ2) is 8.17. The van der Waals surface area contributed by atoms with E-state index in [1.54, 1.807) is 17.0 Å². The normalized spacial score (nSPS) is 11.7. The highest BCUT2D eigenvalue weighted by Crippen LogP contribution is 2.17. The van der Waals surface area contributed by atoms with Gasteiger partial charge in [0.1, 0.15) is 11.9 Å². The van der Waals surface area contributed by atoms with Crippen molar-refractivity contribution in [2.45, 2.75) is 12.6 Å². The summed E-state index contributed by atoms with van der Waals surface area (Å²) in [5, 5.41) is 13.2. The van der Waals surface area contributed by atoms with Crippen LogP contribution < -0.4 is 5.32 Å². The Kier molecular flexibility index (Phi) is 5.49. The molecule has 0 saturated heterocycles. The number of para-hydroxylation sites is 1. The van der Waals surface area contributed by atoms with Gasteiger partial charge in [0.25, 0.3) is 0 Å². The number of anilines is 1. The highest BCUT2D eigenvalue weighted by molar-refractivity contribution is 5.89. The molecule has 25 heavy (non-hydrogen) atoms. The summed E-state index contributed by atoms with van der Waals surface area (Å²) >= 11 is 0. The number of hydrogen-bond acceptors (Lipinski definition) is 3. The second-order valence-electron chi connectivity index (χ2n) is 5.69. The fourth-order valence-corrected chi connectivity index (χ4v) is 2.53. The molecule has 128 valence electrons. The van der Waals surface area contributed by atoms with Crippen LogP contribution >= 0.6 is 0 Å². The summed E-state index contributed by atoms with van der Waals surface area (Å²) in [5.74, 6) is 0.436. The van der Waals surface area contributed by atoms with Crippen molar-refractivity contribution in [3.05, 3.63) is 90.4 Å². The summed E-state index contributed by atoms with van der Waals surface area (Å²) < 4.78 is 5.24. The second-order valence-corrected chi connectivity index (χ2v) is 5.69. The van der Waals surface area contributed by atoms with Crippen molar-refractivity contribution in [2.75, 3.05) is 11.9 Å². The maximum Gasteiger partial charge on any atom is 0.322 e. The average molecular weight is 336 g/mol. The van der Waals surface area contributed by atoms with Gasteiger partial charge in [-0.25, -0.2) is 4.79 Å². The van der Waals surface area contributed by atoms with Gasteiger partial charge in [-0.1, -0.05) is 48.5 Å². The first-order valence-corrected chi connectivity index (χ1v) is 8.09. The lowest BCUT2D eigenvalue weighted by Gasteiger charge is -2.25. The summed E-state index contributed by atoms with van der Waals surface area (Å²) in [6.45, 7) is 0.512. The smallest absolute Gasteiger partial charge is 0.322 e. The highest BCUT2D eigenvalue weighted by atomic mass is 16.4. The molecule has 0 bridgehead atoms. The number of rotatable bonds is 6. The molecule has 0 spiro atoms. The molecule has 0 aliphatic heterocycles. The number of furan rings is 1. The molecule has 2 amide bonds. The molecule has 2 N–H and O–H groups in total. The zero-order valence-corrected chi connectivity index (χ0v) is 13.7. The van der Waals surface area contributed by atoms with Crippen LogP contribution in [-0.2, 0) is 6.54 Å². The summed E-state index contributed by atoms with van der Waals surface area (Å²) in [7, 11) is 0. The van der Waals surface area contributed by atoms with Gasteiger partial charge in [0.05, 0.1) is 12.8 Å². The van der Waals surface area contributed by atoms with Gasteiger partial charge in [-0.3, -0.25) is 0 Å². The number of carbonyl (C=O) groups excluding carboxylic acids is 1. The van der Waals surface area contributed by atoms with Crippen LogP contribution in [0.15, 0.2) is 83.5 Å². The molecule has 5 heteroatoms. The van der Waals surface area contributed by atoms with E-state index in [1.807, 2.05) is 60.7 Å². The monoisotopic (exact) mass is 336 g/mol. The summed E-state index contributed by atoms with van der Waals surface area (Å²) in [6.07, 6.45) is 0.615. The molecule has 0 aliphatic rings. The lowest BCUT2D eigenvalue weighted by atomic mass is 10.2. The van der Waals surface area contributed by atoms with Crippen LogP contribution in [0.25, 0.3) is 0 Å². The van der Waals surface area contributed by atoms with Crippen LogP contribution in [0.3, 0.4) is 0 Å². The van der Waals surface area contributed by atoms with Crippen LogP contribution in [0.1, 0.15) is 17.4 Å². The van der Waals surface area contributed by atoms with Gasteiger partial charge in [-0.2, -0.15) is 0 Å². The van der Waals surface area contributed by atoms with Crippen molar-refractivity contribution in [1.82, 2.24) is 4.90 Å². The maximum absolute atomic E-state index is 12.7. The van der Waals surface area contributed by atoms with Gasteiger partial charge >= 0.3 is 6.03 Å². The van der Waals surface area contributed by atoms with E-state index < -0.39 is 6.10 Å². The third-order valence-electron chi connectivity index (χ3n) is 3.79. The van der Waals surface area contributed by atoms with E-state index in [0.717, 1.165) is 5.56 Å². The van der Waals surface area contributed by atoms with Gasteiger partial charge in [0, 0.05) is 12.2 Å². The van der Waals surface area contributed by atoms with E-state index in [0.29, 0.717) is 18.0 Å². The quantitative estimate of drug-likeness (QED) is 0.714. The molecule has 3 rings (SSSR count). The number of aliphatic hydroxyl groups excluding tert-OH is 1.